The van der Waals surface area contributed by atoms with E-state index in [-0.39, 0.29) is 17.5 Å². The van der Waals surface area contributed by atoms with E-state index in [9.17, 15) is 8.78 Å². The van der Waals surface area contributed by atoms with Gasteiger partial charge in [-0.05, 0) is 48.4 Å². The van der Waals surface area contributed by atoms with Crippen molar-refractivity contribution in [1.29, 1.82) is 0 Å². The molecule has 0 bridgehead atoms. The largest absolute Gasteiger partial charge is 0.382 e. The molecule has 3 aromatic rings. The third-order valence-corrected chi connectivity index (χ3v) is 3.24. The Morgan fingerprint density at radius 3 is 2.48 bits per heavy atom. The van der Waals surface area contributed by atoms with Crippen LogP contribution in [0.2, 0.25) is 0 Å². The number of nitrogens with two attached hydrogens (primary N) is 1. The van der Waals surface area contributed by atoms with Crippen molar-refractivity contribution in [3.8, 4) is 22.4 Å². The fourth-order valence-electron chi connectivity index (χ4n) is 2.38. The molecular weight excluding hydrogens is 272 g/mol. The number of hydrogen-bond acceptors (Lipinski definition) is 2. The summed E-state index contributed by atoms with van der Waals surface area (Å²) in [6, 6.07) is 10.7. The maximum Gasteiger partial charge on any atom is 0.153 e. The summed E-state index contributed by atoms with van der Waals surface area (Å²) in [7, 11) is 0. The van der Waals surface area contributed by atoms with Gasteiger partial charge in [-0.2, -0.15) is 5.10 Å². The van der Waals surface area contributed by atoms with E-state index in [0.29, 0.717) is 22.4 Å². The van der Waals surface area contributed by atoms with Crippen LogP contribution < -0.4 is 5.73 Å². The molecule has 0 fully saturated rings. The Morgan fingerprint density at radius 1 is 1.00 bits per heavy atom. The molecule has 0 aliphatic carbocycles. The molecule has 3 N–H and O–H groups in total. The lowest BCUT2D eigenvalue weighted by atomic mass is 9.99. The lowest BCUT2D eigenvalue weighted by Gasteiger charge is -2.06. The minimum absolute atomic E-state index is 0.248. The SMILES string of the molecule is Cc1cc(F)cc(-c2[nH]nc(N)c2-c2cccc(F)c2)c1. The lowest BCUT2D eigenvalue weighted by Crippen LogP contribution is -1.90. The van der Waals surface area contributed by atoms with Crippen molar-refractivity contribution in [1.82, 2.24) is 10.2 Å². The molecule has 0 aliphatic rings. The Bertz CT molecular complexity index is 789. The number of nitrogen functional groups attached to an aromatic ring is 1. The van der Waals surface area contributed by atoms with Crippen molar-refractivity contribution in [2.45, 2.75) is 6.92 Å². The monoisotopic (exact) mass is 285 g/mol. The summed E-state index contributed by atoms with van der Waals surface area (Å²) in [5, 5.41) is 6.76. The second-order valence-corrected chi connectivity index (χ2v) is 4.89. The van der Waals surface area contributed by atoms with Gasteiger partial charge in [0.25, 0.3) is 0 Å². The third-order valence-electron chi connectivity index (χ3n) is 3.24. The van der Waals surface area contributed by atoms with Crippen LogP contribution in [0.25, 0.3) is 22.4 Å². The zero-order valence-electron chi connectivity index (χ0n) is 11.3. The molecule has 0 unspecified atom stereocenters. The van der Waals surface area contributed by atoms with Gasteiger partial charge in [-0.15, -0.1) is 0 Å². The third kappa shape index (κ3) is 2.50. The number of hydrogen-bond donors (Lipinski definition) is 2. The van der Waals surface area contributed by atoms with Crippen molar-refractivity contribution in [2.75, 3.05) is 5.73 Å². The average molecular weight is 285 g/mol. The van der Waals surface area contributed by atoms with Gasteiger partial charge in [0.05, 0.1) is 11.3 Å². The van der Waals surface area contributed by atoms with E-state index in [1.54, 1.807) is 19.1 Å². The van der Waals surface area contributed by atoms with Crippen LogP contribution in [-0.4, -0.2) is 10.2 Å². The molecule has 0 saturated carbocycles. The highest BCUT2D eigenvalue weighted by Crippen LogP contribution is 2.35. The summed E-state index contributed by atoms with van der Waals surface area (Å²) in [6.45, 7) is 1.80. The quantitative estimate of drug-likeness (QED) is 0.750. The molecule has 0 atom stereocenters. The minimum Gasteiger partial charge on any atom is -0.382 e. The Labute approximate surface area is 120 Å². The molecule has 3 nitrogen and oxygen atoms in total. The van der Waals surface area contributed by atoms with Gasteiger partial charge in [-0.3, -0.25) is 5.10 Å². The lowest BCUT2D eigenvalue weighted by molar-refractivity contribution is 0.627. The molecular formula is C16H13F2N3. The summed E-state index contributed by atoms with van der Waals surface area (Å²) >= 11 is 0. The topological polar surface area (TPSA) is 54.7 Å². The van der Waals surface area contributed by atoms with Crippen molar-refractivity contribution in [3.05, 3.63) is 59.7 Å². The fraction of sp³-hybridized carbons (Fsp3) is 0.0625. The summed E-state index contributed by atoms with van der Waals surface area (Å²) in [5.74, 6) is -0.463. The van der Waals surface area contributed by atoms with E-state index in [1.807, 2.05) is 6.07 Å². The zero-order valence-corrected chi connectivity index (χ0v) is 11.3. The van der Waals surface area contributed by atoms with Gasteiger partial charge in [0.2, 0.25) is 0 Å². The Morgan fingerprint density at radius 2 is 1.76 bits per heavy atom. The number of aromatic nitrogens is 2. The van der Waals surface area contributed by atoms with Gasteiger partial charge < -0.3 is 5.73 Å². The molecule has 0 radical (unpaired) electrons. The molecule has 1 aromatic heterocycles. The summed E-state index contributed by atoms with van der Waals surface area (Å²) in [6.07, 6.45) is 0. The van der Waals surface area contributed by atoms with E-state index < -0.39 is 0 Å². The zero-order chi connectivity index (χ0) is 15.0. The molecule has 5 heteroatoms. The van der Waals surface area contributed by atoms with E-state index in [4.69, 9.17) is 5.73 Å². The molecule has 106 valence electrons. The van der Waals surface area contributed by atoms with Gasteiger partial charge in [-0.25, -0.2) is 8.78 Å². The number of nitrogens with zero attached hydrogens (tertiary/aromatic N) is 1. The first-order valence-corrected chi connectivity index (χ1v) is 6.42. The number of rotatable bonds is 2. The molecule has 0 aliphatic heterocycles. The highest BCUT2D eigenvalue weighted by molar-refractivity contribution is 5.87. The first-order valence-electron chi connectivity index (χ1n) is 6.42. The van der Waals surface area contributed by atoms with Crippen LogP contribution in [0.4, 0.5) is 14.6 Å². The highest BCUT2D eigenvalue weighted by atomic mass is 19.1. The number of anilines is 1. The number of benzene rings is 2. The van der Waals surface area contributed by atoms with Crippen LogP contribution >= 0.6 is 0 Å². The second kappa shape index (κ2) is 5.01. The smallest absolute Gasteiger partial charge is 0.153 e. The molecule has 0 spiro atoms. The number of nitrogens with one attached hydrogen (secondary N) is 1. The van der Waals surface area contributed by atoms with E-state index in [1.165, 1.54) is 24.3 Å². The first kappa shape index (κ1) is 13.3. The Balaban J connectivity index is 2.21. The van der Waals surface area contributed by atoms with Crippen LogP contribution in [0.15, 0.2) is 42.5 Å². The Kier molecular flexibility index (Phi) is 3.17. The molecule has 2 aromatic carbocycles. The van der Waals surface area contributed by atoms with Gasteiger partial charge in [0.1, 0.15) is 11.6 Å². The van der Waals surface area contributed by atoms with Crippen LogP contribution in [0, 0.1) is 18.6 Å². The van der Waals surface area contributed by atoms with Crippen LogP contribution in [0.1, 0.15) is 5.56 Å². The average Bonchev–Trinajstić information content (AvgIpc) is 2.79. The van der Waals surface area contributed by atoms with Crippen molar-refractivity contribution < 1.29 is 8.78 Å². The molecule has 0 amide bonds. The number of halogens is 2. The highest BCUT2D eigenvalue weighted by Gasteiger charge is 2.16. The normalized spacial score (nSPS) is 10.8. The molecule has 3 rings (SSSR count). The van der Waals surface area contributed by atoms with Crippen LogP contribution in [-0.2, 0) is 0 Å². The maximum absolute atomic E-state index is 13.6. The van der Waals surface area contributed by atoms with Crippen LogP contribution in [0.3, 0.4) is 0 Å². The predicted octanol–water partition coefficient (Wildman–Crippen LogP) is 3.91. The number of aromatic amines is 1. The van der Waals surface area contributed by atoms with Crippen molar-refractivity contribution in [3.63, 3.8) is 0 Å². The van der Waals surface area contributed by atoms with Crippen LogP contribution in [0.5, 0.6) is 0 Å². The van der Waals surface area contributed by atoms with Crippen molar-refractivity contribution >= 4 is 5.82 Å². The van der Waals surface area contributed by atoms with Gasteiger partial charge in [0.15, 0.2) is 5.82 Å². The summed E-state index contributed by atoms with van der Waals surface area (Å²) in [5.41, 5.74) is 9.02. The summed E-state index contributed by atoms with van der Waals surface area (Å²) in [4.78, 5) is 0. The molecule has 1 heterocycles. The first-order chi connectivity index (χ1) is 10.0. The van der Waals surface area contributed by atoms with Gasteiger partial charge in [-0.1, -0.05) is 12.1 Å². The molecule has 0 saturated heterocycles. The predicted molar refractivity (Wildman–Crippen MR) is 78.5 cm³/mol. The maximum atomic E-state index is 13.6. The summed E-state index contributed by atoms with van der Waals surface area (Å²) < 4.78 is 27.0. The van der Waals surface area contributed by atoms with E-state index in [2.05, 4.69) is 10.2 Å². The van der Waals surface area contributed by atoms with Gasteiger partial charge in [0, 0.05) is 5.56 Å². The number of aryl methyl sites for hydroxylation is 1. The van der Waals surface area contributed by atoms with Crippen molar-refractivity contribution in [2.24, 2.45) is 0 Å². The minimum atomic E-state index is -0.366. The Hall–Kier alpha value is -2.69. The van der Waals surface area contributed by atoms with E-state index in [0.717, 1.165) is 5.56 Å². The van der Waals surface area contributed by atoms with Gasteiger partial charge >= 0.3 is 0 Å². The number of H-pyrrole nitrogens is 1. The standard InChI is InChI=1S/C16H13F2N3/c1-9-5-11(8-13(18)6-9)15-14(16(19)21-20-15)10-3-2-4-12(17)7-10/h2-8H,1H3,(H3,19,20,21). The second-order valence-electron chi connectivity index (χ2n) is 4.89. The molecule has 21 heavy (non-hydrogen) atoms. The van der Waals surface area contributed by atoms with E-state index >= 15 is 0 Å². The fourth-order valence-corrected chi connectivity index (χ4v) is 2.38.